The molecule has 0 aliphatic heterocycles. The molecule has 0 heterocycles. The minimum atomic E-state index is 0.0888. The number of rotatable bonds is 6. The Morgan fingerprint density at radius 3 is 2.67 bits per heavy atom. The monoisotopic (exact) mass is 361 g/mol. The van der Waals surface area contributed by atoms with E-state index in [-0.39, 0.29) is 5.92 Å². The zero-order chi connectivity index (χ0) is 17.7. The van der Waals surface area contributed by atoms with E-state index in [1.165, 1.54) is 5.56 Å². The van der Waals surface area contributed by atoms with Crippen LogP contribution < -0.4 is 10.1 Å². The van der Waals surface area contributed by atoms with Crippen LogP contribution >= 0.6 is 23.8 Å². The highest BCUT2D eigenvalue weighted by Crippen LogP contribution is 2.29. The SMILES string of the molecule is CCc1ccc(OCc2c(Cl)cccc2C(C)C(=S)NC)c(C)c1. The predicted octanol–water partition coefficient (Wildman–Crippen LogP) is 5.44. The van der Waals surface area contributed by atoms with Gasteiger partial charge in [-0.25, -0.2) is 0 Å². The van der Waals surface area contributed by atoms with E-state index in [4.69, 9.17) is 28.6 Å². The van der Waals surface area contributed by atoms with Gasteiger partial charge in [-0.05, 0) is 42.2 Å². The van der Waals surface area contributed by atoms with Crippen molar-refractivity contribution in [3.05, 3.63) is 63.7 Å². The molecule has 1 unspecified atom stereocenters. The van der Waals surface area contributed by atoms with E-state index in [2.05, 4.69) is 44.3 Å². The van der Waals surface area contributed by atoms with Gasteiger partial charge in [0.25, 0.3) is 0 Å². The van der Waals surface area contributed by atoms with Gasteiger partial charge in [0.15, 0.2) is 0 Å². The molecule has 1 N–H and O–H groups in total. The normalized spacial score (nSPS) is 11.9. The van der Waals surface area contributed by atoms with Crippen LogP contribution in [-0.2, 0) is 13.0 Å². The Morgan fingerprint density at radius 2 is 2.04 bits per heavy atom. The van der Waals surface area contributed by atoms with Crippen LogP contribution in [0.1, 0.15) is 42.0 Å². The number of aryl methyl sites for hydroxylation is 2. The Morgan fingerprint density at radius 1 is 1.29 bits per heavy atom. The maximum Gasteiger partial charge on any atom is 0.122 e. The molecule has 0 bridgehead atoms. The lowest BCUT2D eigenvalue weighted by Crippen LogP contribution is -2.23. The summed E-state index contributed by atoms with van der Waals surface area (Å²) in [6.45, 7) is 6.73. The van der Waals surface area contributed by atoms with Crippen molar-refractivity contribution in [1.82, 2.24) is 5.32 Å². The lowest BCUT2D eigenvalue weighted by atomic mass is 9.95. The van der Waals surface area contributed by atoms with E-state index >= 15 is 0 Å². The third kappa shape index (κ3) is 4.28. The largest absolute Gasteiger partial charge is 0.489 e. The fourth-order valence-electron chi connectivity index (χ4n) is 2.73. The number of halogens is 1. The summed E-state index contributed by atoms with van der Waals surface area (Å²) in [6.07, 6.45) is 1.02. The highest BCUT2D eigenvalue weighted by molar-refractivity contribution is 7.80. The first kappa shape index (κ1) is 18.8. The molecule has 2 aromatic carbocycles. The summed E-state index contributed by atoms with van der Waals surface area (Å²) in [5.41, 5.74) is 4.54. The summed E-state index contributed by atoms with van der Waals surface area (Å²) in [7, 11) is 1.85. The van der Waals surface area contributed by atoms with Crippen LogP contribution in [0.2, 0.25) is 5.02 Å². The predicted molar refractivity (Wildman–Crippen MR) is 106 cm³/mol. The Bertz CT molecular complexity index is 730. The van der Waals surface area contributed by atoms with Gasteiger partial charge in [-0.15, -0.1) is 0 Å². The highest BCUT2D eigenvalue weighted by atomic mass is 35.5. The number of hydrogen-bond donors (Lipinski definition) is 1. The molecule has 0 spiro atoms. The quantitative estimate of drug-likeness (QED) is 0.692. The maximum atomic E-state index is 6.43. The third-order valence-corrected chi connectivity index (χ3v) is 5.19. The van der Waals surface area contributed by atoms with Gasteiger partial charge in [-0.3, -0.25) is 0 Å². The fourth-order valence-corrected chi connectivity index (χ4v) is 3.10. The molecule has 2 aromatic rings. The fraction of sp³-hybridized carbons (Fsp3) is 0.350. The van der Waals surface area contributed by atoms with Gasteiger partial charge in [-0.1, -0.05) is 61.9 Å². The van der Waals surface area contributed by atoms with E-state index < -0.39 is 0 Å². The van der Waals surface area contributed by atoms with Crippen LogP contribution in [0.5, 0.6) is 5.75 Å². The Labute approximate surface area is 155 Å². The number of likely N-dealkylation sites (N-methyl/N-ethyl adjacent to an activating group) is 1. The van der Waals surface area contributed by atoms with Crippen molar-refractivity contribution in [2.75, 3.05) is 7.05 Å². The maximum absolute atomic E-state index is 6.43. The van der Waals surface area contributed by atoms with Crippen molar-refractivity contribution in [2.24, 2.45) is 0 Å². The first-order valence-corrected chi connectivity index (χ1v) is 8.97. The molecule has 1 atom stereocenters. The van der Waals surface area contributed by atoms with Crippen molar-refractivity contribution >= 4 is 28.8 Å². The molecule has 0 radical (unpaired) electrons. The number of ether oxygens (including phenoxy) is 1. The Hall–Kier alpha value is -1.58. The molecule has 0 aliphatic carbocycles. The Kier molecular flexibility index (Phi) is 6.64. The first-order valence-electron chi connectivity index (χ1n) is 8.19. The molecule has 0 saturated carbocycles. The topological polar surface area (TPSA) is 21.3 Å². The summed E-state index contributed by atoms with van der Waals surface area (Å²) in [5.74, 6) is 0.979. The molecule has 24 heavy (non-hydrogen) atoms. The second-order valence-electron chi connectivity index (χ2n) is 5.89. The van der Waals surface area contributed by atoms with Crippen LogP contribution in [0.3, 0.4) is 0 Å². The van der Waals surface area contributed by atoms with E-state index in [9.17, 15) is 0 Å². The molecular formula is C20H24ClNOS. The van der Waals surface area contributed by atoms with Gasteiger partial charge < -0.3 is 10.1 Å². The van der Waals surface area contributed by atoms with Gasteiger partial charge in [0, 0.05) is 23.6 Å². The molecule has 0 saturated heterocycles. The van der Waals surface area contributed by atoms with E-state index in [1.54, 1.807) is 0 Å². The first-order chi connectivity index (χ1) is 11.5. The summed E-state index contributed by atoms with van der Waals surface area (Å²) >= 11 is 11.8. The van der Waals surface area contributed by atoms with E-state index in [1.807, 2.05) is 25.2 Å². The standard InChI is InChI=1S/C20H24ClNOS/c1-5-15-9-10-19(13(2)11-15)23-12-17-16(7-6-8-18(17)21)14(3)20(24)22-4/h6-11,14H,5,12H2,1-4H3,(H,22,24). The number of benzene rings is 2. The lowest BCUT2D eigenvalue weighted by Gasteiger charge is -2.19. The summed E-state index contributed by atoms with van der Waals surface area (Å²) in [6, 6.07) is 12.2. The molecular weight excluding hydrogens is 338 g/mol. The Balaban J connectivity index is 2.25. The van der Waals surface area contributed by atoms with Crippen LogP contribution in [0, 0.1) is 6.92 Å². The number of nitrogens with one attached hydrogen (secondary N) is 1. The van der Waals surface area contributed by atoms with Gasteiger partial charge in [0.05, 0.1) is 4.99 Å². The van der Waals surface area contributed by atoms with Gasteiger partial charge in [0.2, 0.25) is 0 Å². The average molecular weight is 362 g/mol. The third-order valence-electron chi connectivity index (χ3n) is 4.28. The molecule has 0 amide bonds. The molecule has 2 nitrogen and oxygen atoms in total. The van der Waals surface area contributed by atoms with Gasteiger partial charge in [-0.2, -0.15) is 0 Å². The zero-order valence-corrected chi connectivity index (χ0v) is 16.2. The molecule has 2 rings (SSSR count). The second kappa shape index (κ2) is 8.50. The highest BCUT2D eigenvalue weighted by Gasteiger charge is 2.17. The molecule has 0 aliphatic rings. The summed E-state index contributed by atoms with van der Waals surface area (Å²) in [4.78, 5) is 0.794. The average Bonchev–Trinajstić information content (AvgIpc) is 2.59. The van der Waals surface area contributed by atoms with Crippen molar-refractivity contribution in [3.8, 4) is 5.75 Å². The molecule has 0 fully saturated rings. The number of hydrogen-bond acceptors (Lipinski definition) is 2. The van der Waals surface area contributed by atoms with Gasteiger partial charge in [0.1, 0.15) is 12.4 Å². The number of thiocarbonyl (C=S) groups is 1. The van der Waals surface area contributed by atoms with Crippen molar-refractivity contribution in [1.29, 1.82) is 0 Å². The smallest absolute Gasteiger partial charge is 0.122 e. The van der Waals surface area contributed by atoms with Crippen molar-refractivity contribution in [3.63, 3.8) is 0 Å². The minimum absolute atomic E-state index is 0.0888. The summed E-state index contributed by atoms with van der Waals surface area (Å²) in [5, 5.41) is 3.76. The molecule has 128 valence electrons. The van der Waals surface area contributed by atoms with Crippen LogP contribution in [0.25, 0.3) is 0 Å². The minimum Gasteiger partial charge on any atom is -0.489 e. The van der Waals surface area contributed by atoms with E-state index in [0.29, 0.717) is 11.6 Å². The van der Waals surface area contributed by atoms with Crippen molar-refractivity contribution < 1.29 is 4.74 Å². The van der Waals surface area contributed by atoms with Crippen LogP contribution in [0.15, 0.2) is 36.4 Å². The van der Waals surface area contributed by atoms with Crippen LogP contribution in [-0.4, -0.2) is 12.0 Å². The zero-order valence-electron chi connectivity index (χ0n) is 14.7. The lowest BCUT2D eigenvalue weighted by molar-refractivity contribution is 0.303. The van der Waals surface area contributed by atoms with Crippen LogP contribution in [0.4, 0.5) is 0 Å². The van der Waals surface area contributed by atoms with Gasteiger partial charge >= 0.3 is 0 Å². The van der Waals surface area contributed by atoms with E-state index in [0.717, 1.165) is 33.8 Å². The molecule has 0 aromatic heterocycles. The second-order valence-corrected chi connectivity index (χ2v) is 6.73. The molecule has 4 heteroatoms. The van der Waals surface area contributed by atoms with Crippen molar-refractivity contribution in [2.45, 2.75) is 39.7 Å². The summed E-state index contributed by atoms with van der Waals surface area (Å²) < 4.78 is 6.06.